The average molecular weight is 250 g/mol. The van der Waals surface area contributed by atoms with Crippen LogP contribution in [0.1, 0.15) is 5.01 Å². The summed E-state index contributed by atoms with van der Waals surface area (Å²) in [4.78, 5) is 10.2. The van der Waals surface area contributed by atoms with Crippen LogP contribution < -0.4 is 5.32 Å². The molecule has 0 aliphatic heterocycles. The Morgan fingerprint density at radius 2 is 2.29 bits per heavy atom. The molecular weight excluding hydrogens is 240 g/mol. The SMILES string of the molecule is CNCc1nnc(-c2cccc([N+](=O)[O-])c2)s1. The molecule has 0 spiro atoms. The number of benzene rings is 1. The summed E-state index contributed by atoms with van der Waals surface area (Å²) in [6.07, 6.45) is 0. The van der Waals surface area contributed by atoms with E-state index >= 15 is 0 Å². The van der Waals surface area contributed by atoms with Crippen molar-refractivity contribution < 1.29 is 4.92 Å². The van der Waals surface area contributed by atoms with E-state index in [1.165, 1.54) is 23.5 Å². The van der Waals surface area contributed by atoms with Gasteiger partial charge in [-0.15, -0.1) is 10.2 Å². The van der Waals surface area contributed by atoms with Gasteiger partial charge in [-0.1, -0.05) is 23.5 Å². The maximum atomic E-state index is 10.7. The fraction of sp³-hybridized carbons (Fsp3) is 0.200. The lowest BCUT2D eigenvalue weighted by Gasteiger charge is -1.95. The van der Waals surface area contributed by atoms with Crippen LogP contribution in [0.25, 0.3) is 10.6 Å². The molecule has 2 aromatic rings. The highest BCUT2D eigenvalue weighted by Crippen LogP contribution is 2.26. The van der Waals surface area contributed by atoms with Crippen LogP contribution in [-0.4, -0.2) is 22.2 Å². The number of rotatable bonds is 4. The van der Waals surface area contributed by atoms with Crippen LogP contribution in [0.5, 0.6) is 0 Å². The minimum absolute atomic E-state index is 0.0628. The molecule has 17 heavy (non-hydrogen) atoms. The molecule has 1 aromatic carbocycles. The third kappa shape index (κ3) is 2.63. The van der Waals surface area contributed by atoms with Crippen LogP contribution in [0.3, 0.4) is 0 Å². The highest BCUT2D eigenvalue weighted by Gasteiger charge is 2.10. The minimum atomic E-state index is -0.418. The van der Waals surface area contributed by atoms with Crippen LogP contribution in [0, 0.1) is 10.1 Å². The van der Waals surface area contributed by atoms with E-state index < -0.39 is 4.92 Å². The molecule has 1 aromatic heterocycles. The molecule has 0 amide bonds. The zero-order valence-corrected chi connectivity index (χ0v) is 9.90. The van der Waals surface area contributed by atoms with Crippen LogP contribution in [0.15, 0.2) is 24.3 Å². The molecule has 88 valence electrons. The summed E-state index contributed by atoms with van der Waals surface area (Å²) >= 11 is 1.42. The number of aromatic nitrogens is 2. The van der Waals surface area contributed by atoms with Gasteiger partial charge in [0.1, 0.15) is 10.0 Å². The van der Waals surface area contributed by atoms with Gasteiger partial charge in [0.25, 0.3) is 5.69 Å². The maximum Gasteiger partial charge on any atom is 0.270 e. The highest BCUT2D eigenvalue weighted by atomic mass is 32.1. The summed E-state index contributed by atoms with van der Waals surface area (Å²) in [7, 11) is 1.83. The van der Waals surface area contributed by atoms with Crippen molar-refractivity contribution in [2.75, 3.05) is 7.05 Å². The lowest BCUT2D eigenvalue weighted by molar-refractivity contribution is -0.384. The summed E-state index contributed by atoms with van der Waals surface area (Å²) in [5.41, 5.74) is 0.784. The fourth-order valence-electron chi connectivity index (χ4n) is 1.35. The molecule has 7 heteroatoms. The lowest BCUT2D eigenvalue weighted by Crippen LogP contribution is -2.04. The zero-order chi connectivity index (χ0) is 12.3. The van der Waals surface area contributed by atoms with Gasteiger partial charge in [0.2, 0.25) is 0 Å². The Hall–Kier alpha value is -1.86. The highest BCUT2D eigenvalue weighted by molar-refractivity contribution is 7.14. The van der Waals surface area contributed by atoms with Crippen molar-refractivity contribution in [1.82, 2.24) is 15.5 Å². The van der Waals surface area contributed by atoms with E-state index in [2.05, 4.69) is 15.5 Å². The third-order valence-corrected chi connectivity index (χ3v) is 3.07. The van der Waals surface area contributed by atoms with E-state index in [-0.39, 0.29) is 5.69 Å². The average Bonchev–Trinajstić information content (AvgIpc) is 2.78. The van der Waals surface area contributed by atoms with Gasteiger partial charge < -0.3 is 5.32 Å². The predicted octanol–water partition coefficient (Wildman–Crippen LogP) is 1.83. The monoisotopic (exact) mass is 250 g/mol. The van der Waals surface area contributed by atoms with Gasteiger partial charge in [-0.3, -0.25) is 10.1 Å². The minimum Gasteiger partial charge on any atom is -0.313 e. The maximum absolute atomic E-state index is 10.7. The van der Waals surface area contributed by atoms with E-state index in [1.54, 1.807) is 12.1 Å². The molecule has 1 N–H and O–H groups in total. The summed E-state index contributed by atoms with van der Waals surface area (Å²) in [6, 6.07) is 6.39. The molecule has 1 heterocycles. The van der Waals surface area contributed by atoms with Crippen molar-refractivity contribution >= 4 is 17.0 Å². The molecule has 6 nitrogen and oxygen atoms in total. The van der Waals surface area contributed by atoms with Crippen molar-refractivity contribution in [1.29, 1.82) is 0 Å². The molecule has 0 saturated carbocycles. The molecule has 2 rings (SSSR count). The fourth-order valence-corrected chi connectivity index (χ4v) is 2.19. The molecule has 0 unspecified atom stereocenters. The number of nitro benzene ring substituents is 1. The quantitative estimate of drug-likeness (QED) is 0.661. The second-order valence-corrected chi connectivity index (χ2v) is 4.40. The van der Waals surface area contributed by atoms with E-state index in [1.807, 2.05) is 7.05 Å². The van der Waals surface area contributed by atoms with Gasteiger partial charge in [-0.05, 0) is 7.05 Å². The smallest absolute Gasteiger partial charge is 0.270 e. The van der Waals surface area contributed by atoms with Crippen molar-refractivity contribution in [3.05, 3.63) is 39.4 Å². The molecule has 0 aliphatic rings. The van der Waals surface area contributed by atoms with Gasteiger partial charge in [0.15, 0.2) is 0 Å². The zero-order valence-electron chi connectivity index (χ0n) is 9.08. The largest absolute Gasteiger partial charge is 0.313 e. The summed E-state index contributed by atoms with van der Waals surface area (Å²) in [5.74, 6) is 0. The van der Waals surface area contributed by atoms with Crippen molar-refractivity contribution in [2.45, 2.75) is 6.54 Å². The van der Waals surface area contributed by atoms with Gasteiger partial charge in [0.05, 0.1) is 4.92 Å². The van der Waals surface area contributed by atoms with Crippen LogP contribution >= 0.6 is 11.3 Å². The predicted molar refractivity (Wildman–Crippen MR) is 64.8 cm³/mol. The van der Waals surface area contributed by atoms with Gasteiger partial charge >= 0.3 is 0 Å². The second-order valence-electron chi connectivity index (χ2n) is 3.34. The Morgan fingerprint density at radius 3 is 3.00 bits per heavy atom. The Morgan fingerprint density at radius 1 is 1.47 bits per heavy atom. The molecule has 0 bridgehead atoms. The van der Waals surface area contributed by atoms with Crippen LogP contribution in [0.2, 0.25) is 0 Å². The van der Waals surface area contributed by atoms with Gasteiger partial charge in [-0.2, -0.15) is 0 Å². The van der Waals surface area contributed by atoms with Crippen molar-refractivity contribution in [3.8, 4) is 10.6 Å². The van der Waals surface area contributed by atoms with Gasteiger partial charge in [0, 0.05) is 24.2 Å². The number of nitrogens with one attached hydrogen (secondary N) is 1. The van der Waals surface area contributed by atoms with E-state index in [0.29, 0.717) is 11.6 Å². The Kier molecular flexibility index (Phi) is 3.40. The third-order valence-electron chi connectivity index (χ3n) is 2.10. The summed E-state index contributed by atoms with van der Waals surface area (Å²) < 4.78 is 0. The first-order valence-electron chi connectivity index (χ1n) is 4.92. The van der Waals surface area contributed by atoms with Crippen molar-refractivity contribution in [2.24, 2.45) is 0 Å². The summed E-state index contributed by atoms with van der Waals surface area (Å²) in [5, 5.41) is 23.2. The first-order chi connectivity index (χ1) is 8.20. The molecule has 0 radical (unpaired) electrons. The summed E-state index contributed by atoms with van der Waals surface area (Å²) in [6.45, 7) is 0.645. The Labute approximate surface area is 101 Å². The number of hydrogen-bond donors (Lipinski definition) is 1. The van der Waals surface area contributed by atoms with Crippen LogP contribution in [0.4, 0.5) is 5.69 Å². The molecule has 0 saturated heterocycles. The van der Waals surface area contributed by atoms with Crippen LogP contribution in [-0.2, 0) is 6.54 Å². The number of nitro groups is 1. The van der Waals surface area contributed by atoms with Crippen molar-refractivity contribution in [3.63, 3.8) is 0 Å². The molecule has 0 atom stereocenters. The topological polar surface area (TPSA) is 81.0 Å². The van der Waals surface area contributed by atoms with E-state index in [9.17, 15) is 10.1 Å². The second kappa shape index (κ2) is 4.98. The Balaban J connectivity index is 2.32. The first kappa shape index (κ1) is 11.6. The molecule has 0 fully saturated rings. The molecular formula is C10H10N4O2S. The number of nitrogens with zero attached hydrogens (tertiary/aromatic N) is 3. The number of hydrogen-bond acceptors (Lipinski definition) is 6. The normalized spacial score (nSPS) is 10.4. The van der Waals surface area contributed by atoms with E-state index in [4.69, 9.17) is 0 Å². The first-order valence-corrected chi connectivity index (χ1v) is 5.74. The van der Waals surface area contributed by atoms with Gasteiger partial charge in [-0.25, -0.2) is 0 Å². The van der Waals surface area contributed by atoms with E-state index in [0.717, 1.165) is 10.6 Å². The lowest BCUT2D eigenvalue weighted by atomic mass is 10.2. The Bertz CT molecular complexity index is 541. The number of non-ortho nitro benzene ring substituents is 1. The molecule has 0 aliphatic carbocycles. The standard InChI is InChI=1S/C10H10N4O2S/c1-11-6-9-12-13-10(17-9)7-3-2-4-8(5-7)14(15)16/h2-5,11H,6H2,1H3.